The average molecular weight is 299 g/mol. The molecule has 0 bridgehead atoms. The van der Waals surface area contributed by atoms with Crippen LogP contribution in [0.4, 0.5) is 8.78 Å². The summed E-state index contributed by atoms with van der Waals surface area (Å²) in [5.41, 5.74) is 5.49. The Balaban J connectivity index is 2.27. The summed E-state index contributed by atoms with van der Waals surface area (Å²) in [6, 6.07) is 2.59. The molecule has 1 fully saturated rings. The molecule has 0 aliphatic carbocycles. The van der Waals surface area contributed by atoms with Gasteiger partial charge in [-0.2, -0.15) is 8.78 Å². The summed E-state index contributed by atoms with van der Waals surface area (Å²) in [6.07, 6.45) is 2.44. The Morgan fingerprint density at radius 2 is 2.10 bits per heavy atom. The van der Waals surface area contributed by atoms with Crippen molar-refractivity contribution >= 4 is 11.8 Å². The number of aryl methyl sites for hydroxylation is 1. The number of halogens is 2. The van der Waals surface area contributed by atoms with Gasteiger partial charge < -0.3 is 10.6 Å². The molecule has 2 amide bonds. The summed E-state index contributed by atoms with van der Waals surface area (Å²) < 4.78 is 26.9. The van der Waals surface area contributed by atoms with Gasteiger partial charge in [0.2, 0.25) is 5.91 Å². The van der Waals surface area contributed by atoms with Crippen LogP contribution in [0.2, 0.25) is 0 Å². The molecule has 1 aliphatic rings. The van der Waals surface area contributed by atoms with Gasteiger partial charge in [0.25, 0.3) is 5.91 Å². The van der Waals surface area contributed by atoms with Crippen LogP contribution in [0, 0.1) is 6.92 Å². The number of alkyl halides is 2. The maximum absolute atomic E-state index is 13.1. The summed E-state index contributed by atoms with van der Waals surface area (Å²) in [4.78, 5) is 25.2. The molecule has 1 aromatic heterocycles. The number of rotatable bonds is 4. The summed E-state index contributed by atoms with van der Waals surface area (Å²) in [5, 5.41) is 0. The Hall–Kier alpha value is -1.92. The number of primary amides is 1. The van der Waals surface area contributed by atoms with Crippen LogP contribution in [0.5, 0.6) is 0 Å². The zero-order chi connectivity index (χ0) is 15.6. The van der Waals surface area contributed by atoms with Crippen molar-refractivity contribution in [2.24, 2.45) is 5.73 Å². The molecular weight excluding hydrogens is 280 g/mol. The smallest absolute Gasteiger partial charge is 0.319 e. The SMILES string of the molecule is Cc1ccc(C(=O)N2CCCC[C@H]2CC(N)=O)n1C(F)F. The highest BCUT2D eigenvalue weighted by Crippen LogP contribution is 2.25. The van der Waals surface area contributed by atoms with E-state index < -0.39 is 18.4 Å². The van der Waals surface area contributed by atoms with Gasteiger partial charge in [-0.05, 0) is 38.3 Å². The molecule has 116 valence electrons. The van der Waals surface area contributed by atoms with E-state index >= 15 is 0 Å². The lowest BCUT2D eigenvalue weighted by Gasteiger charge is -2.35. The van der Waals surface area contributed by atoms with Crippen molar-refractivity contribution in [1.82, 2.24) is 9.47 Å². The van der Waals surface area contributed by atoms with E-state index in [1.165, 1.54) is 24.0 Å². The fourth-order valence-corrected chi connectivity index (χ4v) is 2.84. The van der Waals surface area contributed by atoms with E-state index in [9.17, 15) is 18.4 Å². The third kappa shape index (κ3) is 3.22. The molecule has 1 aromatic rings. The minimum Gasteiger partial charge on any atom is -0.370 e. The second-order valence-electron chi connectivity index (χ2n) is 5.33. The van der Waals surface area contributed by atoms with Crippen LogP contribution in [-0.2, 0) is 4.79 Å². The Morgan fingerprint density at radius 3 is 2.71 bits per heavy atom. The predicted octanol–water partition coefficient (Wildman–Crippen LogP) is 2.06. The third-order valence-corrected chi connectivity index (χ3v) is 3.86. The van der Waals surface area contributed by atoms with Crippen molar-refractivity contribution in [3.63, 3.8) is 0 Å². The molecule has 0 spiro atoms. The van der Waals surface area contributed by atoms with Crippen molar-refractivity contribution < 1.29 is 18.4 Å². The first-order valence-corrected chi connectivity index (χ1v) is 6.97. The number of aromatic nitrogens is 1. The second kappa shape index (κ2) is 6.24. The fraction of sp³-hybridized carbons (Fsp3) is 0.571. The Labute approximate surface area is 121 Å². The van der Waals surface area contributed by atoms with Crippen LogP contribution >= 0.6 is 0 Å². The number of carbonyl (C=O) groups excluding carboxylic acids is 2. The third-order valence-electron chi connectivity index (χ3n) is 3.86. The minimum absolute atomic E-state index is 0.0427. The maximum atomic E-state index is 13.1. The monoisotopic (exact) mass is 299 g/mol. The van der Waals surface area contributed by atoms with Crippen LogP contribution in [0.15, 0.2) is 12.1 Å². The fourth-order valence-electron chi connectivity index (χ4n) is 2.84. The van der Waals surface area contributed by atoms with Gasteiger partial charge in [-0.25, -0.2) is 0 Å². The highest BCUT2D eigenvalue weighted by Gasteiger charge is 2.31. The highest BCUT2D eigenvalue weighted by molar-refractivity contribution is 5.93. The Kier molecular flexibility index (Phi) is 4.59. The minimum atomic E-state index is -2.77. The van der Waals surface area contributed by atoms with Gasteiger partial charge in [0.1, 0.15) is 5.69 Å². The Morgan fingerprint density at radius 1 is 1.38 bits per heavy atom. The molecule has 2 N–H and O–H groups in total. The quantitative estimate of drug-likeness (QED) is 0.924. The number of likely N-dealkylation sites (tertiary alicyclic amines) is 1. The van der Waals surface area contributed by atoms with E-state index in [2.05, 4.69) is 0 Å². The van der Waals surface area contributed by atoms with Gasteiger partial charge >= 0.3 is 6.55 Å². The van der Waals surface area contributed by atoms with Crippen molar-refractivity contribution in [3.05, 3.63) is 23.5 Å². The predicted molar refractivity (Wildman–Crippen MR) is 72.9 cm³/mol. The average Bonchev–Trinajstić information content (AvgIpc) is 2.80. The van der Waals surface area contributed by atoms with Crippen LogP contribution in [0.1, 0.15) is 48.4 Å². The molecule has 2 heterocycles. The van der Waals surface area contributed by atoms with Crippen LogP contribution in [-0.4, -0.2) is 33.9 Å². The standard InChI is InChI=1S/C14H19F2N3O2/c1-9-5-6-11(19(9)14(15)16)13(21)18-7-3-2-4-10(18)8-12(17)20/h5-6,10,14H,2-4,7-8H2,1H3,(H2,17,20)/t10-/m0/s1. The molecule has 21 heavy (non-hydrogen) atoms. The van der Waals surface area contributed by atoms with E-state index in [1.807, 2.05) is 0 Å². The summed E-state index contributed by atoms with van der Waals surface area (Å²) >= 11 is 0. The van der Waals surface area contributed by atoms with E-state index in [-0.39, 0.29) is 18.2 Å². The maximum Gasteiger partial charge on any atom is 0.319 e. The second-order valence-corrected chi connectivity index (χ2v) is 5.33. The van der Waals surface area contributed by atoms with Crippen molar-refractivity contribution in [1.29, 1.82) is 0 Å². The first kappa shape index (κ1) is 15.5. The highest BCUT2D eigenvalue weighted by atomic mass is 19.3. The van der Waals surface area contributed by atoms with Gasteiger partial charge in [-0.15, -0.1) is 0 Å². The molecular formula is C14H19F2N3O2. The molecule has 0 saturated carbocycles. The summed E-state index contributed by atoms with van der Waals surface area (Å²) in [5.74, 6) is -0.950. The van der Waals surface area contributed by atoms with Gasteiger partial charge in [-0.3, -0.25) is 14.2 Å². The number of hydrogen-bond donors (Lipinski definition) is 1. The van der Waals surface area contributed by atoms with Gasteiger partial charge in [0, 0.05) is 24.7 Å². The van der Waals surface area contributed by atoms with E-state index in [1.54, 1.807) is 0 Å². The molecule has 5 nitrogen and oxygen atoms in total. The Bertz CT molecular complexity index is 542. The molecule has 0 unspecified atom stereocenters. The molecule has 1 saturated heterocycles. The molecule has 0 radical (unpaired) electrons. The molecule has 0 aromatic carbocycles. The lowest BCUT2D eigenvalue weighted by atomic mass is 9.98. The molecule has 2 rings (SSSR count). The number of hydrogen-bond acceptors (Lipinski definition) is 2. The van der Waals surface area contributed by atoms with Crippen molar-refractivity contribution in [2.75, 3.05) is 6.54 Å². The van der Waals surface area contributed by atoms with E-state index in [0.717, 1.165) is 17.4 Å². The number of nitrogens with two attached hydrogens (primary N) is 1. The van der Waals surface area contributed by atoms with E-state index in [4.69, 9.17) is 5.73 Å². The first-order chi connectivity index (χ1) is 9.91. The molecule has 1 aliphatic heterocycles. The number of amides is 2. The number of piperidine rings is 1. The largest absolute Gasteiger partial charge is 0.370 e. The van der Waals surface area contributed by atoms with Crippen molar-refractivity contribution in [3.8, 4) is 0 Å². The molecule has 1 atom stereocenters. The van der Waals surface area contributed by atoms with Crippen molar-refractivity contribution in [2.45, 2.75) is 45.2 Å². The van der Waals surface area contributed by atoms with Gasteiger partial charge in [0.15, 0.2) is 0 Å². The topological polar surface area (TPSA) is 68.3 Å². The number of nitrogens with zero attached hydrogens (tertiary/aromatic N) is 2. The first-order valence-electron chi connectivity index (χ1n) is 6.97. The molecule has 7 heteroatoms. The van der Waals surface area contributed by atoms with E-state index in [0.29, 0.717) is 18.7 Å². The summed E-state index contributed by atoms with van der Waals surface area (Å²) in [7, 11) is 0. The van der Waals surface area contributed by atoms with Gasteiger partial charge in [-0.1, -0.05) is 0 Å². The van der Waals surface area contributed by atoms with Gasteiger partial charge in [0.05, 0.1) is 0 Å². The lowest BCUT2D eigenvalue weighted by molar-refractivity contribution is -0.119. The zero-order valence-corrected chi connectivity index (χ0v) is 11.9. The summed E-state index contributed by atoms with van der Waals surface area (Å²) in [6.45, 7) is -0.775. The lowest BCUT2D eigenvalue weighted by Crippen LogP contribution is -2.46. The zero-order valence-electron chi connectivity index (χ0n) is 11.9. The number of carbonyl (C=O) groups is 2. The normalized spacial score (nSPS) is 19.0. The van der Waals surface area contributed by atoms with Crippen LogP contribution < -0.4 is 5.73 Å². The van der Waals surface area contributed by atoms with Crippen LogP contribution in [0.3, 0.4) is 0 Å². The van der Waals surface area contributed by atoms with Crippen LogP contribution in [0.25, 0.3) is 0 Å².